The third-order valence-corrected chi connectivity index (χ3v) is 5.36. The van der Waals surface area contributed by atoms with Crippen molar-refractivity contribution in [1.82, 2.24) is 15.5 Å². The van der Waals surface area contributed by atoms with Gasteiger partial charge in [0.25, 0.3) is 0 Å². The zero-order chi connectivity index (χ0) is 24.4. The van der Waals surface area contributed by atoms with E-state index >= 15 is 0 Å². The monoisotopic (exact) mass is 457 g/mol. The van der Waals surface area contributed by atoms with Crippen LogP contribution in [0.3, 0.4) is 0 Å². The van der Waals surface area contributed by atoms with Crippen LogP contribution in [0, 0.1) is 5.92 Å². The Morgan fingerprint density at radius 1 is 1.09 bits per heavy atom. The lowest BCUT2D eigenvalue weighted by Crippen LogP contribution is -2.58. The van der Waals surface area contributed by atoms with Gasteiger partial charge in [0.1, 0.15) is 18.1 Å². The van der Waals surface area contributed by atoms with E-state index in [-0.39, 0.29) is 18.9 Å². The van der Waals surface area contributed by atoms with E-state index in [1.165, 1.54) is 4.90 Å². The zero-order valence-corrected chi connectivity index (χ0v) is 18.6. The molecule has 0 spiro atoms. The molecule has 1 heterocycles. The van der Waals surface area contributed by atoms with Crippen LogP contribution in [-0.2, 0) is 24.0 Å². The Balaban J connectivity index is 2.87. The van der Waals surface area contributed by atoms with Crippen LogP contribution in [0.15, 0.2) is 0 Å². The highest BCUT2D eigenvalue weighted by atomic mass is 16.4. The van der Waals surface area contributed by atoms with Gasteiger partial charge in [-0.05, 0) is 44.6 Å². The molecule has 12 heteroatoms. The summed E-state index contributed by atoms with van der Waals surface area (Å²) >= 11 is 0. The summed E-state index contributed by atoms with van der Waals surface area (Å²) in [6, 6.07) is -4.26. The first-order chi connectivity index (χ1) is 15.0. The molecule has 8 N–H and O–H groups in total. The fourth-order valence-corrected chi connectivity index (χ4v) is 3.55. The number of rotatable bonds is 13. The Hall–Kier alpha value is -2.73. The third-order valence-electron chi connectivity index (χ3n) is 5.36. The lowest BCUT2D eigenvalue weighted by Gasteiger charge is -2.31. The van der Waals surface area contributed by atoms with Crippen LogP contribution < -0.4 is 22.1 Å². The van der Waals surface area contributed by atoms with Crippen molar-refractivity contribution in [2.75, 3.05) is 13.1 Å². The van der Waals surface area contributed by atoms with Gasteiger partial charge < -0.3 is 37.2 Å². The highest BCUT2D eigenvalue weighted by molar-refractivity contribution is 5.95. The summed E-state index contributed by atoms with van der Waals surface area (Å²) in [5, 5.41) is 23.2. The molecule has 0 aromatic carbocycles. The van der Waals surface area contributed by atoms with Gasteiger partial charge in [0.15, 0.2) is 0 Å². The number of carbonyl (C=O) groups is 5. The van der Waals surface area contributed by atoms with E-state index in [0.29, 0.717) is 32.2 Å². The first kappa shape index (κ1) is 27.3. The Bertz CT molecular complexity index is 700. The molecule has 0 aromatic heterocycles. The van der Waals surface area contributed by atoms with Gasteiger partial charge in [-0.3, -0.25) is 19.2 Å². The third kappa shape index (κ3) is 8.08. The number of carboxylic acids is 2. The summed E-state index contributed by atoms with van der Waals surface area (Å²) in [5.41, 5.74) is 11.0. The van der Waals surface area contributed by atoms with Crippen molar-refractivity contribution >= 4 is 29.7 Å². The van der Waals surface area contributed by atoms with Crippen LogP contribution >= 0.6 is 0 Å². The van der Waals surface area contributed by atoms with Crippen LogP contribution in [0.2, 0.25) is 0 Å². The van der Waals surface area contributed by atoms with Gasteiger partial charge >= 0.3 is 11.9 Å². The fraction of sp³-hybridized carbons (Fsp3) is 0.750. The molecule has 3 amide bonds. The molecule has 1 fully saturated rings. The van der Waals surface area contributed by atoms with E-state index in [1.807, 2.05) is 0 Å². The number of nitrogens with zero attached hydrogens (tertiary/aromatic N) is 1. The van der Waals surface area contributed by atoms with Crippen LogP contribution in [0.4, 0.5) is 0 Å². The molecule has 0 radical (unpaired) electrons. The Morgan fingerprint density at radius 3 is 2.28 bits per heavy atom. The first-order valence-corrected chi connectivity index (χ1v) is 10.8. The van der Waals surface area contributed by atoms with Gasteiger partial charge in [-0.2, -0.15) is 0 Å². The number of amides is 3. The summed E-state index contributed by atoms with van der Waals surface area (Å²) in [4.78, 5) is 61.8. The molecule has 4 unspecified atom stereocenters. The SMILES string of the molecule is CC(C)C(NC(=O)C(N)CC(=O)O)C(=O)N1CCCC1C(=O)NC(CCCCN)C(=O)O. The van der Waals surface area contributed by atoms with Crippen molar-refractivity contribution in [3.63, 3.8) is 0 Å². The summed E-state index contributed by atoms with van der Waals surface area (Å²) in [7, 11) is 0. The number of nitrogens with two attached hydrogens (primary N) is 2. The number of hydrogen-bond donors (Lipinski definition) is 6. The number of likely N-dealkylation sites (tertiary alicyclic amines) is 1. The zero-order valence-electron chi connectivity index (χ0n) is 18.6. The number of carboxylic acid groups (broad SMARTS) is 2. The van der Waals surface area contributed by atoms with E-state index in [9.17, 15) is 29.1 Å². The van der Waals surface area contributed by atoms with Crippen LogP contribution in [0.1, 0.15) is 52.4 Å². The molecule has 1 aliphatic rings. The largest absolute Gasteiger partial charge is 0.481 e. The minimum Gasteiger partial charge on any atom is -0.481 e. The molecular weight excluding hydrogens is 422 g/mol. The molecular formula is C20H35N5O7. The normalized spacial score (nSPS) is 18.7. The van der Waals surface area contributed by atoms with Crippen molar-refractivity contribution in [2.24, 2.45) is 17.4 Å². The molecule has 32 heavy (non-hydrogen) atoms. The minimum atomic E-state index is -1.32. The van der Waals surface area contributed by atoms with Crippen molar-refractivity contribution in [3.05, 3.63) is 0 Å². The van der Waals surface area contributed by atoms with E-state index < -0.39 is 60.2 Å². The topological polar surface area (TPSA) is 205 Å². The maximum atomic E-state index is 13.2. The van der Waals surface area contributed by atoms with Gasteiger partial charge in [0, 0.05) is 6.54 Å². The van der Waals surface area contributed by atoms with Crippen molar-refractivity contribution in [3.8, 4) is 0 Å². The molecule has 0 saturated carbocycles. The predicted octanol–water partition coefficient (Wildman–Crippen LogP) is -1.38. The summed E-state index contributed by atoms with van der Waals surface area (Å²) < 4.78 is 0. The summed E-state index contributed by atoms with van der Waals surface area (Å²) in [5.74, 6) is -4.58. The molecule has 1 aliphatic heterocycles. The number of carbonyl (C=O) groups excluding carboxylic acids is 3. The molecule has 0 bridgehead atoms. The molecule has 0 aromatic rings. The smallest absolute Gasteiger partial charge is 0.326 e. The lowest BCUT2D eigenvalue weighted by atomic mass is 10.0. The maximum Gasteiger partial charge on any atom is 0.326 e. The lowest BCUT2D eigenvalue weighted by molar-refractivity contribution is -0.145. The van der Waals surface area contributed by atoms with E-state index in [2.05, 4.69) is 10.6 Å². The van der Waals surface area contributed by atoms with Crippen molar-refractivity contribution in [1.29, 1.82) is 0 Å². The van der Waals surface area contributed by atoms with Crippen LogP contribution in [0.5, 0.6) is 0 Å². The number of aliphatic carboxylic acids is 2. The summed E-state index contributed by atoms with van der Waals surface area (Å²) in [6.45, 7) is 4.11. The fourth-order valence-electron chi connectivity index (χ4n) is 3.55. The van der Waals surface area contributed by atoms with Gasteiger partial charge in [0.2, 0.25) is 17.7 Å². The molecule has 4 atom stereocenters. The highest BCUT2D eigenvalue weighted by Gasteiger charge is 2.40. The van der Waals surface area contributed by atoms with E-state index in [0.717, 1.165) is 0 Å². The second-order valence-corrected chi connectivity index (χ2v) is 8.31. The van der Waals surface area contributed by atoms with Crippen LogP contribution in [0.25, 0.3) is 0 Å². The van der Waals surface area contributed by atoms with Gasteiger partial charge in [0.05, 0.1) is 12.5 Å². The molecule has 1 saturated heterocycles. The molecule has 0 aliphatic carbocycles. The highest BCUT2D eigenvalue weighted by Crippen LogP contribution is 2.21. The molecule has 1 rings (SSSR count). The standard InChI is InChI=1S/C20H35N5O7/c1-11(2)16(24-17(28)12(22)10-15(26)27)19(30)25-9-5-7-14(25)18(29)23-13(20(31)32)6-3-4-8-21/h11-14,16H,3-10,21-22H2,1-2H3,(H,23,29)(H,24,28)(H,26,27)(H,31,32). The second-order valence-electron chi connectivity index (χ2n) is 8.31. The quantitative estimate of drug-likeness (QED) is 0.180. The van der Waals surface area contributed by atoms with E-state index in [1.54, 1.807) is 13.8 Å². The number of nitrogens with one attached hydrogen (secondary N) is 2. The Morgan fingerprint density at radius 2 is 1.75 bits per heavy atom. The van der Waals surface area contributed by atoms with Crippen molar-refractivity contribution in [2.45, 2.75) is 76.5 Å². The minimum absolute atomic E-state index is 0.227. The van der Waals surface area contributed by atoms with Gasteiger partial charge in [-0.1, -0.05) is 13.8 Å². The van der Waals surface area contributed by atoms with Crippen LogP contribution in [-0.4, -0.2) is 82.0 Å². The molecule has 182 valence electrons. The Labute approximate surface area is 187 Å². The van der Waals surface area contributed by atoms with Gasteiger partial charge in [-0.25, -0.2) is 4.79 Å². The number of unbranched alkanes of at least 4 members (excludes halogenated alkanes) is 1. The molecule has 12 nitrogen and oxygen atoms in total. The van der Waals surface area contributed by atoms with Crippen molar-refractivity contribution < 1.29 is 34.2 Å². The average Bonchev–Trinajstić information content (AvgIpc) is 3.19. The van der Waals surface area contributed by atoms with Gasteiger partial charge in [-0.15, -0.1) is 0 Å². The first-order valence-electron chi connectivity index (χ1n) is 10.8. The maximum absolute atomic E-state index is 13.2. The average molecular weight is 458 g/mol. The summed E-state index contributed by atoms with van der Waals surface area (Å²) in [6.07, 6.45) is 1.73. The number of hydrogen-bond acceptors (Lipinski definition) is 7. The van der Waals surface area contributed by atoms with E-state index in [4.69, 9.17) is 16.6 Å². The second kappa shape index (κ2) is 13.0. The predicted molar refractivity (Wildman–Crippen MR) is 114 cm³/mol. The Kier molecular flexibility index (Phi) is 11.1.